The molecule has 0 saturated carbocycles. The van der Waals surface area contributed by atoms with Gasteiger partial charge in [-0.15, -0.1) is 11.8 Å². The van der Waals surface area contributed by atoms with Crippen LogP contribution in [0.25, 0.3) is 0 Å². The summed E-state index contributed by atoms with van der Waals surface area (Å²) in [5, 5.41) is 12.2. The quantitative estimate of drug-likeness (QED) is 0.848. The standard InChI is InChI=1S/C20H23NO3S/c1-12-8-13(2)17(14(3)9-12)10-24-16-6-4-15(5-7-16)19-21-18(11-25-19)20(22)23/h4-9,18-19,21H,10-11H2,1-3H3,(H,22,23)/t18-,19-/m1/s1. The third kappa shape index (κ3) is 4.17. The summed E-state index contributed by atoms with van der Waals surface area (Å²) in [6, 6.07) is 11.8. The van der Waals surface area contributed by atoms with Gasteiger partial charge in [-0.05, 0) is 55.2 Å². The number of carboxylic acids is 1. The van der Waals surface area contributed by atoms with Crippen LogP contribution in [-0.2, 0) is 11.4 Å². The summed E-state index contributed by atoms with van der Waals surface area (Å²) in [5.41, 5.74) is 6.07. The first-order chi connectivity index (χ1) is 11.9. The number of thioether (sulfide) groups is 1. The van der Waals surface area contributed by atoms with Gasteiger partial charge in [-0.2, -0.15) is 0 Å². The average molecular weight is 357 g/mol. The average Bonchev–Trinajstić information content (AvgIpc) is 3.04. The van der Waals surface area contributed by atoms with E-state index in [0.717, 1.165) is 11.3 Å². The van der Waals surface area contributed by atoms with Gasteiger partial charge in [-0.1, -0.05) is 29.8 Å². The monoisotopic (exact) mass is 357 g/mol. The molecule has 2 aromatic rings. The number of nitrogens with one attached hydrogen (secondary N) is 1. The summed E-state index contributed by atoms with van der Waals surface area (Å²) in [6.07, 6.45) is 0. The fraction of sp³-hybridized carbons (Fsp3) is 0.350. The van der Waals surface area contributed by atoms with E-state index in [2.05, 4.69) is 38.2 Å². The first-order valence-electron chi connectivity index (χ1n) is 8.34. The Morgan fingerprint density at radius 2 is 1.84 bits per heavy atom. The number of benzene rings is 2. The van der Waals surface area contributed by atoms with Gasteiger partial charge >= 0.3 is 5.97 Å². The number of hydrogen-bond acceptors (Lipinski definition) is 4. The van der Waals surface area contributed by atoms with Gasteiger partial charge in [0.1, 0.15) is 18.4 Å². The minimum absolute atomic E-state index is 0.0248. The Hall–Kier alpha value is -1.98. The Morgan fingerprint density at radius 3 is 2.40 bits per heavy atom. The number of ether oxygens (including phenoxy) is 1. The zero-order valence-corrected chi connectivity index (χ0v) is 15.5. The highest BCUT2D eigenvalue weighted by Gasteiger charge is 2.30. The molecule has 0 aliphatic carbocycles. The largest absolute Gasteiger partial charge is 0.489 e. The molecule has 4 nitrogen and oxygen atoms in total. The summed E-state index contributed by atoms with van der Waals surface area (Å²) in [4.78, 5) is 11.0. The van der Waals surface area contributed by atoms with E-state index in [0.29, 0.717) is 12.4 Å². The Balaban J connectivity index is 1.63. The zero-order chi connectivity index (χ0) is 18.0. The predicted octanol–water partition coefficient (Wildman–Crippen LogP) is 3.98. The third-order valence-corrected chi connectivity index (χ3v) is 5.75. The molecule has 0 amide bonds. The second kappa shape index (κ2) is 7.50. The summed E-state index contributed by atoms with van der Waals surface area (Å²) in [7, 11) is 0. The van der Waals surface area contributed by atoms with Crippen LogP contribution < -0.4 is 10.1 Å². The number of carbonyl (C=O) groups is 1. The topological polar surface area (TPSA) is 58.6 Å². The first kappa shape index (κ1) is 17.8. The summed E-state index contributed by atoms with van der Waals surface area (Å²) in [6.45, 7) is 6.88. The van der Waals surface area contributed by atoms with Crippen LogP contribution in [0.2, 0.25) is 0 Å². The molecule has 0 bridgehead atoms. The van der Waals surface area contributed by atoms with E-state index in [1.807, 2.05) is 24.3 Å². The third-order valence-electron chi connectivity index (χ3n) is 4.49. The highest BCUT2D eigenvalue weighted by molar-refractivity contribution is 7.99. The minimum atomic E-state index is -0.793. The molecule has 0 spiro atoms. The normalized spacial score (nSPS) is 19.8. The molecule has 1 saturated heterocycles. The molecule has 2 atom stereocenters. The van der Waals surface area contributed by atoms with E-state index in [4.69, 9.17) is 9.84 Å². The molecular formula is C20H23NO3S. The van der Waals surface area contributed by atoms with Crippen LogP contribution >= 0.6 is 11.8 Å². The molecular weight excluding hydrogens is 334 g/mol. The second-order valence-electron chi connectivity index (χ2n) is 6.51. The maximum atomic E-state index is 11.0. The van der Waals surface area contributed by atoms with Crippen molar-refractivity contribution in [1.82, 2.24) is 5.32 Å². The number of aliphatic carboxylic acids is 1. The summed E-state index contributed by atoms with van der Waals surface area (Å²) < 4.78 is 5.95. The van der Waals surface area contributed by atoms with Crippen molar-refractivity contribution in [3.63, 3.8) is 0 Å². The zero-order valence-electron chi connectivity index (χ0n) is 14.7. The molecule has 1 aliphatic heterocycles. The fourth-order valence-electron chi connectivity index (χ4n) is 3.14. The van der Waals surface area contributed by atoms with Crippen molar-refractivity contribution < 1.29 is 14.6 Å². The molecule has 1 aliphatic rings. The highest BCUT2D eigenvalue weighted by atomic mass is 32.2. The lowest BCUT2D eigenvalue weighted by molar-refractivity contribution is -0.138. The van der Waals surface area contributed by atoms with Gasteiger partial charge in [0.15, 0.2) is 0 Å². The van der Waals surface area contributed by atoms with Crippen LogP contribution in [0.15, 0.2) is 36.4 Å². The van der Waals surface area contributed by atoms with Crippen LogP contribution in [0.3, 0.4) is 0 Å². The van der Waals surface area contributed by atoms with Crippen molar-refractivity contribution in [3.05, 3.63) is 64.2 Å². The molecule has 0 aromatic heterocycles. The van der Waals surface area contributed by atoms with E-state index in [-0.39, 0.29) is 5.37 Å². The summed E-state index contributed by atoms with van der Waals surface area (Å²) in [5.74, 6) is 0.615. The molecule has 0 radical (unpaired) electrons. The maximum absolute atomic E-state index is 11.0. The molecule has 132 valence electrons. The SMILES string of the molecule is Cc1cc(C)c(COc2ccc([C@@H]3N[C@@H](C(=O)O)CS3)cc2)c(C)c1. The lowest BCUT2D eigenvalue weighted by atomic mass is 10.0. The smallest absolute Gasteiger partial charge is 0.321 e. The number of hydrogen-bond donors (Lipinski definition) is 2. The van der Waals surface area contributed by atoms with E-state index in [1.165, 1.54) is 22.3 Å². The summed E-state index contributed by atoms with van der Waals surface area (Å²) >= 11 is 1.62. The van der Waals surface area contributed by atoms with Crippen molar-refractivity contribution in [2.75, 3.05) is 5.75 Å². The number of rotatable bonds is 5. The van der Waals surface area contributed by atoms with Gasteiger partial charge in [0, 0.05) is 5.75 Å². The molecule has 0 unspecified atom stereocenters. The number of carboxylic acid groups (broad SMARTS) is 1. The maximum Gasteiger partial charge on any atom is 0.321 e. The molecule has 1 heterocycles. The minimum Gasteiger partial charge on any atom is -0.489 e. The van der Waals surface area contributed by atoms with Crippen molar-refractivity contribution >= 4 is 17.7 Å². The lowest BCUT2D eigenvalue weighted by Crippen LogP contribution is -2.33. The van der Waals surface area contributed by atoms with Gasteiger partial charge in [0.2, 0.25) is 0 Å². The van der Waals surface area contributed by atoms with Gasteiger partial charge in [0.25, 0.3) is 0 Å². The van der Waals surface area contributed by atoms with Crippen LogP contribution in [0, 0.1) is 20.8 Å². The van der Waals surface area contributed by atoms with Crippen LogP contribution in [0.5, 0.6) is 5.75 Å². The Morgan fingerprint density at radius 1 is 1.20 bits per heavy atom. The second-order valence-corrected chi connectivity index (χ2v) is 7.64. The Bertz CT molecular complexity index is 750. The molecule has 3 rings (SSSR count). The van der Waals surface area contributed by atoms with Crippen LogP contribution in [0.4, 0.5) is 0 Å². The van der Waals surface area contributed by atoms with Crippen molar-refractivity contribution in [2.24, 2.45) is 0 Å². The molecule has 2 N–H and O–H groups in total. The van der Waals surface area contributed by atoms with E-state index in [9.17, 15) is 4.79 Å². The van der Waals surface area contributed by atoms with Gasteiger partial charge in [-0.3, -0.25) is 10.1 Å². The van der Waals surface area contributed by atoms with Gasteiger partial charge in [0.05, 0.1) is 5.37 Å². The molecule has 5 heteroatoms. The van der Waals surface area contributed by atoms with Crippen LogP contribution in [0.1, 0.15) is 33.2 Å². The lowest BCUT2D eigenvalue weighted by Gasteiger charge is -2.14. The molecule has 1 fully saturated rings. The van der Waals surface area contributed by atoms with Gasteiger partial charge < -0.3 is 9.84 Å². The van der Waals surface area contributed by atoms with E-state index in [1.54, 1.807) is 11.8 Å². The van der Waals surface area contributed by atoms with Crippen molar-refractivity contribution in [1.29, 1.82) is 0 Å². The van der Waals surface area contributed by atoms with Crippen molar-refractivity contribution in [2.45, 2.75) is 38.8 Å². The van der Waals surface area contributed by atoms with Crippen molar-refractivity contribution in [3.8, 4) is 5.75 Å². The van der Waals surface area contributed by atoms with Crippen LogP contribution in [-0.4, -0.2) is 22.9 Å². The van der Waals surface area contributed by atoms with E-state index < -0.39 is 12.0 Å². The molecule has 25 heavy (non-hydrogen) atoms. The Labute approximate surface area is 152 Å². The fourth-order valence-corrected chi connectivity index (χ4v) is 4.37. The van der Waals surface area contributed by atoms with Gasteiger partial charge in [-0.25, -0.2) is 0 Å². The number of aryl methyl sites for hydroxylation is 3. The predicted molar refractivity (Wildman–Crippen MR) is 101 cm³/mol. The molecule has 2 aromatic carbocycles. The highest BCUT2D eigenvalue weighted by Crippen LogP contribution is 2.33. The Kier molecular flexibility index (Phi) is 5.35. The van der Waals surface area contributed by atoms with E-state index >= 15 is 0 Å². The first-order valence-corrected chi connectivity index (χ1v) is 9.39.